The molecule has 2 rings (SSSR count). The van der Waals surface area contributed by atoms with E-state index in [-0.39, 0.29) is 30.0 Å². The molecule has 0 aliphatic rings. The molecule has 136 valence electrons. The summed E-state index contributed by atoms with van der Waals surface area (Å²) >= 11 is 1.14. The van der Waals surface area contributed by atoms with Gasteiger partial charge in [0.25, 0.3) is 0 Å². The maximum absolute atomic E-state index is 12.9. The minimum absolute atomic E-state index is 0.0153. The first-order chi connectivity index (χ1) is 11.7. The van der Waals surface area contributed by atoms with Crippen LogP contribution in [0.3, 0.4) is 0 Å². The molecule has 6 nitrogen and oxygen atoms in total. The number of halogens is 3. The number of carboxylic acid groups (broad SMARTS) is 1. The Balaban J connectivity index is 2.25. The highest BCUT2D eigenvalue weighted by atomic mass is 32.2. The van der Waals surface area contributed by atoms with Crippen molar-refractivity contribution < 1.29 is 28.2 Å². The molecule has 10 heteroatoms. The summed E-state index contributed by atoms with van der Waals surface area (Å²) in [4.78, 5) is 14.3. The second-order valence-electron chi connectivity index (χ2n) is 5.40. The third kappa shape index (κ3) is 5.46. The van der Waals surface area contributed by atoms with Gasteiger partial charge in [-0.2, -0.15) is 30.0 Å². The lowest BCUT2D eigenvalue weighted by molar-refractivity contribution is -0.138. The molecule has 0 saturated carbocycles. The van der Waals surface area contributed by atoms with Crippen molar-refractivity contribution in [2.24, 2.45) is 0 Å². The van der Waals surface area contributed by atoms with Gasteiger partial charge in [0, 0.05) is 11.5 Å². The largest absolute Gasteiger partial charge is 0.481 e. The molecule has 0 fully saturated rings. The maximum Gasteiger partial charge on any atom is 0.416 e. The third-order valence-corrected chi connectivity index (χ3v) is 4.59. The first kappa shape index (κ1) is 19.3. The van der Waals surface area contributed by atoms with Crippen LogP contribution in [0.5, 0.6) is 0 Å². The fourth-order valence-electron chi connectivity index (χ4n) is 2.19. The number of nitrogens with zero attached hydrogens (tertiary/aromatic N) is 3. The van der Waals surface area contributed by atoms with Crippen LogP contribution in [-0.4, -0.2) is 42.5 Å². The number of thioether (sulfide) groups is 1. The number of aliphatic hydroxyl groups is 1. The van der Waals surface area contributed by atoms with Crippen LogP contribution in [0, 0.1) is 0 Å². The van der Waals surface area contributed by atoms with E-state index in [0.717, 1.165) is 23.9 Å². The van der Waals surface area contributed by atoms with Crippen LogP contribution in [0.15, 0.2) is 36.9 Å². The van der Waals surface area contributed by atoms with Gasteiger partial charge in [-0.3, -0.25) is 4.79 Å². The van der Waals surface area contributed by atoms with Crippen molar-refractivity contribution in [3.63, 3.8) is 0 Å². The summed E-state index contributed by atoms with van der Waals surface area (Å²) < 4.78 is 40.2. The highest BCUT2D eigenvalue weighted by Gasteiger charge is 2.35. The van der Waals surface area contributed by atoms with Crippen molar-refractivity contribution in [3.8, 4) is 0 Å². The van der Waals surface area contributed by atoms with E-state index in [1.54, 1.807) is 0 Å². The van der Waals surface area contributed by atoms with E-state index < -0.39 is 23.3 Å². The quantitative estimate of drug-likeness (QED) is 0.689. The SMILES string of the molecule is O=C(O)CCSCC(O)(Cn1cncn1)c1cccc(C(F)(F)F)c1. The second-order valence-corrected chi connectivity index (χ2v) is 6.50. The normalized spacial score (nSPS) is 14.2. The number of carbonyl (C=O) groups is 1. The first-order valence-corrected chi connectivity index (χ1v) is 8.38. The molecule has 1 aromatic heterocycles. The Bertz CT molecular complexity index is 710. The minimum atomic E-state index is -4.53. The number of carboxylic acids is 1. The highest BCUT2D eigenvalue weighted by Crippen LogP contribution is 2.34. The highest BCUT2D eigenvalue weighted by molar-refractivity contribution is 7.99. The predicted molar refractivity (Wildman–Crippen MR) is 84.9 cm³/mol. The van der Waals surface area contributed by atoms with Crippen LogP contribution in [0.2, 0.25) is 0 Å². The van der Waals surface area contributed by atoms with Gasteiger partial charge in [0.1, 0.15) is 18.3 Å². The number of alkyl halides is 3. The van der Waals surface area contributed by atoms with E-state index in [1.807, 2.05) is 0 Å². The van der Waals surface area contributed by atoms with Gasteiger partial charge in [0.05, 0.1) is 18.5 Å². The molecule has 1 unspecified atom stereocenters. The van der Waals surface area contributed by atoms with Gasteiger partial charge in [-0.25, -0.2) is 9.67 Å². The van der Waals surface area contributed by atoms with Crippen molar-refractivity contribution >= 4 is 17.7 Å². The molecule has 0 saturated heterocycles. The zero-order valence-electron chi connectivity index (χ0n) is 13.0. The Morgan fingerprint density at radius 3 is 2.60 bits per heavy atom. The Kier molecular flexibility index (Phi) is 6.07. The predicted octanol–water partition coefficient (Wildman–Crippen LogP) is 2.39. The second kappa shape index (κ2) is 7.87. The number of hydrogen-bond acceptors (Lipinski definition) is 5. The number of benzene rings is 1. The number of rotatable bonds is 8. The zero-order valence-corrected chi connectivity index (χ0v) is 13.8. The molecule has 0 radical (unpaired) electrons. The van der Waals surface area contributed by atoms with E-state index in [1.165, 1.54) is 29.5 Å². The molecule has 1 atom stereocenters. The number of aliphatic carboxylic acids is 1. The molecule has 1 aromatic carbocycles. The number of aromatic nitrogens is 3. The lowest BCUT2D eigenvalue weighted by Crippen LogP contribution is -2.35. The lowest BCUT2D eigenvalue weighted by atomic mass is 9.94. The standard InChI is InChI=1S/C15H16F3N3O3S/c16-15(17,18)12-3-1-2-11(6-12)14(24,7-21-10-19-9-20-21)8-25-5-4-13(22)23/h1-3,6,9-10,24H,4-5,7-8H2,(H,22,23). The molecule has 1 heterocycles. The molecule has 0 bridgehead atoms. The van der Waals surface area contributed by atoms with E-state index in [2.05, 4.69) is 10.1 Å². The average molecular weight is 375 g/mol. The molecule has 2 aromatic rings. The van der Waals surface area contributed by atoms with Gasteiger partial charge in [0.2, 0.25) is 0 Å². The molecule has 0 aliphatic heterocycles. The van der Waals surface area contributed by atoms with Crippen LogP contribution in [0.1, 0.15) is 17.5 Å². The monoisotopic (exact) mass is 375 g/mol. The van der Waals surface area contributed by atoms with Crippen LogP contribution in [-0.2, 0) is 23.1 Å². The van der Waals surface area contributed by atoms with E-state index in [9.17, 15) is 23.1 Å². The van der Waals surface area contributed by atoms with Crippen LogP contribution in [0.25, 0.3) is 0 Å². The van der Waals surface area contributed by atoms with Gasteiger partial charge in [-0.1, -0.05) is 12.1 Å². The fraction of sp³-hybridized carbons (Fsp3) is 0.400. The molecular weight excluding hydrogens is 359 g/mol. The van der Waals surface area contributed by atoms with Crippen LogP contribution in [0.4, 0.5) is 13.2 Å². The van der Waals surface area contributed by atoms with Gasteiger partial charge >= 0.3 is 12.1 Å². The minimum Gasteiger partial charge on any atom is -0.481 e. The molecule has 2 N–H and O–H groups in total. The smallest absolute Gasteiger partial charge is 0.416 e. The number of hydrogen-bond donors (Lipinski definition) is 2. The van der Waals surface area contributed by atoms with Crippen molar-refractivity contribution in [2.45, 2.75) is 24.7 Å². The van der Waals surface area contributed by atoms with Gasteiger partial charge in [0.15, 0.2) is 0 Å². The van der Waals surface area contributed by atoms with Crippen LogP contribution >= 0.6 is 11.8 Å². The Labute approximate surface area is 145 Å². The summed E-state index contributed by atoms with van der Waals surface area (Å²) in [6.45, 7) is -0.103. The van der Waals surface area contributed by atoms with Crippen molar-refractivity contribution in [1.82, 2.24) is 14.8 Å². The zero-order chi connectivity index (χ0) is 18.5. The molecule has 0 spiro atoms. The summed E-state index contributed by atoms with van der Waals surface area (Å²) in [6, 6.07) is 4.46. The van der Waals surface area contributed by atoms with Gasteiger partial charge in [-0.15, -0.1) is 0 Å². The van der Waals surface area contributed by atoms with Gasteiger partial charge < -0.3 is 10.2 Å². The summed E-state index contributed by atoms with van der Waals surface area (Å²) in [5.41, 5.74) is -2.43. The van der Waals surface area contributed by atoms with Crippen molar-refractivity contribution in [3.05, 3.63) is 48.0 Å². The van der Waals surface area contributed by atoms with Crippen LogP contribution < -0.4 is 0 Å². The van der Waals surface area contributed by atoms with E-state index >= 15 is 0 Å². The first-order valence-electron chi connectivity index (χ1n) is 7.23. The maximum atomic E-state index is 12.9. The topological polar surface area (TPSA) is 88.2 Å². The van der Waals surface area contributed by atoms with E-state index in [4.69, 9.17) is 5.11 Å². The molecular formula is C15H16F3N3O3S. The fourth-order valence-corrected chi connectivity index (χ4v) is 3.25. The molecule has 25 heavy (non-hydrogen) atoms. The summed E-state index contributed by atoms with van der Waals surface area (Å²) in [6.07, 6.45) is -2.03. The summed E-state index contributed by atoms with van der Waals surface area (Å²) in [5, 5.41) is 23.5. The average Bonchev–Trinajstić information content (AvgIpc) is 3.03. The Morgan fingerprint density at radius 2 is 2.00 bits per heavy atom. The summed E-state index contributed by atoms with van der Waals surface area (Å²) in [7, 11) is 0. The molecule has 0 aliphatic carbocycles. The molecule has 0 amide bonds. The summed E-state index contributed by atoms with van der Waals surface area (Å²) in [5.74, 6) is -0.735. The Morgan fingerprint density at radius 1 is 1.28 bits per heavy atom. The van der Waals surface area contributed by atoms with Crippen molar-refractivity contribution in [2.75, 3.05) is 11.5 Å². The van der Waals surface area contributed by atoms with Gasteiger partial charge in [-0.05, 0) is 17.7 Å². The third-order valence-electron chi connectivity index (χ3n) is 3.42. The lowest BCUT2D eigenvalue weighted by Gasteiger charge is -2.29. The van der Waals surface area contributed by atoms with E-state index in [0.29, 0.717) is 0 Å². The Hall–Kier alpha value is -2.07. The van der Waals surface area contributed by atoms with Crippen molar-refractivity contribution in [1.29, 1.82) is 0 Å².